The SMILES string of the molecule is CC(C)(O)CNS(=O)(=O)c1ccc(-c2ccnc3[nH]c(C4CC4)cc23)cn1. The number of rotatable bonds is 6. The molecule has 1 aliphatic rings. The Labute approximate surface area is 157 Å². The van der Waals surface area contributed by atoms with Crippen LogP contribution in [0.15, 0.2) is 41.7 Å². The highest BCUT2D eigenvalue weighted by Gasteiger charge is 2.26. The second-order valence-electron chi connectivity index (χ2n) is 7.64. The van der Waals surface area contributed by atoms with Crippen molar-refractivity contribution < 1.29 is 13.5 Å². The van der Waals surface area contributed by atoms with Crippen molar-refractivity contribution >= 4 is 21.1 Å². The monoisotopic (exact) mass is 386 g/mol. The molecular weight excluding hydrogens is 364 g/mol. The summed E-state index contributed by atoms with van der Waals surface area (Å²) < 4.78 is 27.0. The molecular formula is C19H22N4O3S. The lowest BCUT2D eigenvalue weighted by molar-refractivity contribution is 0.0857. The minimum atomic E-state index is -3.77. The van der Waals surface area contributed by atoms with E-state index in [4.69, 9.17) is 0 Å². The Morgan fingerprint density at radius 2 is 2.04 bits per heavy atom. The van der Waals surface area contributed by atoms with Crippen molar-refractivity contribution in [3.63, 3.8) is 0 Å². The molecule has 27 heavy (non-hydrogen) atoms. The smallest absolute Gasteiger partial charge is 0.258 e. The third-order valence-corrected chi connectivity index (χ3v) is 5.90. The number of pyridine rings is 2. The Morgan fingerprint density at radius 1 is 1.26 bits per heavy atom. The van der Waals surface area contributed by atoms with E-state index in [2.05, 4.69) is 25.7 Å². The topological polar surface area (TPSA) is 108 Å². The predicted octanol–water partition coefficient (Wildman–Crippen LogP) is 2.55. The normalized spacial score (nSPS) is 15.4. The van der Waals surface area contributed by atoms with E-state index in [9.17, 15) is 13.5 Å². The fourth-order valence-corrected chi connectivity index (χ4v) is 4.09. The zero-order chi connectivity index (χ0) is 19.2. The molecule has 3 aromatic heterocycles. The highest BCUT2D eigenvalue weighted by Crippen LogP contribution is 2.41. The Hall–Kier alpha value is -2.29. The van der Waals surface area contributed by atoms with E-state index in [1.54, 1.807) is 18.5 Å². The summed E-state index contributed by atoms with van der Waals surface area (Å²) in [5.41, 5.74) is 2.68. The largest absolute Gasteiger partial charge is 0.389 e. The van der Waals surface area contributed by atoms with E-state index in [0.29, 0.717) is 5.92 Å². The van der Waals surface area contributed by atoms with Gasteiger partial charge in [-0.15, -0.1) is 0 Å². The van der Waals surface area contributed by atoms with Crippen LogP contribution in [-0.2, 0) is 10.0 Å². The molecule has 3 aromatic rings. The average molecular weight is 386 g/mol. The number of aromatic amines is 1. The summed E-state index contributed by atoms with van der Waals surface area (Å²) in [6.45, 7) is 2.98. The van der Waals surface area contributed by atoms with Crippen molar-refractivity contribution in [2.24, 2.45) is 0 Å². The number of nitrogens with zero attached hydrogens (tertiary/aromatic N) is 2. The van der Waals surface area contributed by atoms with Crippen LogP contribution in [0.2, 0.25) is 0 Å². The molecule has 0 bridgehead atoms. The van der Waals surface area contributed by atoms with Gasteiger partial charge in [-0.05, 0) is 62.4 Å². The summed E-state index contributed by atoms with van der Waals surface area (Å²) >= 11 is 0. The van der Waals surface area contributed by atoms with Gasteiger partial charge in [-0.2, -0.15) is 0 Å². The predicted molar refractivity (Wildman–Crippen MR) is 103 cm³/mol. The second kappa shape index (κ2) is 6.40. The average Bonchev–Trinajstić information content (AvgIpc) is 3.38. The number of sulfonamides is 1. The van der Waals surface area contributed by atoms with E-state index in [1.807, 2.05) is 6.07 Å². The van der Waals surface area contributed by atoms with Gasteiger partial charge >= 0.3 is 0 Å². The first-order valence-corrected chi connectivity index (χ1v) is 10.4. The van der Waals surface area contributed by atoms with Crippen LogP contribution < -0.4 is 4.72 Å². The maximum atomic E-state index is 12.3. The van der Waals surface area contributed by atoms with E-state index in [1.165, 1.54) is 38.4 Å². The third-order valence-electron chi connectivity index (χ3n) is 4.59. The molecule has 0 unspecified atom stereocenters. The second-order valence-corrected chi connectivity index (χ2v) is 9.36. The first-order valence-electron chi connectivity index (χ1n) is 8.89. The summed E-state index contributed by atoms with van der Waals surface area (Å²) in [5, 5.41) is 10.6. The Balaban J connectivity index is 1.63. The Morgan fingerprint density at radius 3 is 2.67 bits per heavy atom. The summed E-state index contributed by atoms with van der Waals surface area (Å²) in [5.74, 6) is 0.597. The number of hydrogen-bond acceptors (Lipinski definition) is 5. The van der Waals surface area contributed by atoms with Gasteiger partial charge < -0.3 is 10.1 Å². The van der Waals surface area contributed by atoms with Crippen LogP contribution in [0.5, 0.6) is 0 Å². The fraction of sp³-hybridized carbons (Fsp3) is 0.368. The van der Waals surface area contributed by atoms with Gasteiger partial charge in [0.05, 0.1) is 5.60 Å². The lowest BCUT2D eigenvalue weighted by atomic mass is 10.1. The molecule has 7 nitrogen and oxygen atoms in total. The highest BCUT2D eigenvalue weighted by atomic mass is 32.2. The summed E-state index contributed by atoms with van der Waals surface area (Å²) in [6, 6.07) is 7.25. The lowest BCUT2D eigenvalue weighted by Crippen LogP contribution is -2.38. The molecule has 1 aliphatic carbocycles. The Bertz CT molecular complexity index is 1080. The molecule has 0 spiro atoms. The van der Waals surface area contributed by atoms with Gasteiger partial charge in [0.25, 0.3) is 10.0 Å². The van der Waals surface area contributed by atoms with E-state index < -0.39 is 15.6 Å². The van der Waals surface area contributed by atoms with Crippen molar-refractivity contribution in [2.75, 3.05) is 6.54 Å². The van der Waals surface area contributed by atoms with Crippen LogP contribution in [-0.4, -0.2) is 40.6 Å². The molecule has 1 fully saturated rings. The number of fused-ring (bicyclic) bond motifs is 1. The minimum absolute atomic E-state index is 0.0754. The fourth-order valence-electron chi connectivity index (χ4n) is 2.96. The van der Waals surface area contributed by atoms with Crippen LogP contribution >= 0.6 is 0 Å². The molecule has 0 atom stereocenters. The van der Waals surface area contributed by atoms with Gasteiger partial charge in [-0.1, -0.05) is 0 Å². The van der Waals surface area contributed by atoms with Crippen LogP contribution in [0.25, 0.3) is 22.2 Å². The standard InChI is InChI=1S/C19H22N4O3S/c1-19(2,24)11-22-27(25,26)17-6-5-13(10-21-17)14-7-8-20-18-15(14)9-16(23-18)12-3-4-12/h5-10,12,22,24H,3-4,11H2,1-2H3,(H,20,23). The van der Waals surface area contributed by atoms with Crippen LogP contribution in [0.4, 0.5) is 0 Å². The van der Waals surface area contributed by atoms with Gasteiger partial charge in [0, 0.05) is 35.6 Å². The molecule has 3 N–H and O–H groups in total. The first kappa shape index (κ1) is 18.1. The summed E-state index contributed by atoms with van der Waals surface area (Å²) in [7, 11) is -3.77. The maximum absolute atomic E-state index is 12.3. The molecule has 142 valence electrons. The number of aromatic nitrogens is 3. The van der Waals surface area contributed by atoms with Crippen molar-refractivity contribution in [3.05, 3.63) is 42.4 Å². The third kappa shape index (κ3) is 3.87. The van der Waals surface area contributed by atoms with Crippen molar-refractivity contribution in [1.29, 1.82) is 0 Å². The molecule has 0 saturated heterocycles. The summed E-state index contributed by atoms with van der Waals surface area (Å²) in [4.78, 5) is 11.9. The lowest BCUT2D eigenvalue weighted by Gasteiger charge is -2.17. The maximum Gasteiger partial charge on any atom is 0.258 e. The highest BCUT2D eigenvalue weighted by molar-refractivity contribution is 7.89. The number of hydrogen-bond donors (Lipinski definition) is 3. The number of aliphatic hydroxyl groups is 1. The van der Waals surface area contributed by atoms with Crippen molar-refractivity contribution in [2.45, 2.75) is 43.2 Å². The van der Waals surface area contributed by atoms with Crippen molar-refractivity contribution in [3.8, 4) is 11.1 Å². The van der Waals surface area contributed by atoms with Crippen LogP contribution in [0.3, 0.4) is 0 Å². The van der Waals surface area contributed by atoms with E-state index in [-0.39, 0.29) is 11.6 Å². The number of H-pyrrole nitrogens is 1. The molecule has 0 aromatic carbocycles. The summed E-state index contributed by atoms with van der Waals surface area (Å²) in [6.07, 6.45) is 5.69. The molecule has 8 heteroatoms. The van der Waals surface area contributed by atoms with Crippen molar-refractivity contribution in [1.82, 2.24) is 19.7 Å². The minimum Gasteiger partial charge on any atom is -0.389 e. The molecule has 0 radical (unpaired) electrons. The molecule has 3 heterocycles. The van der Waals surface area contributed by atoms with Crippen LogP contribution in [0, 0.1) is 0 Å². The van der Waals surface area contributed by atoms with E-state index in [0.717, 1.165) is 22.2 Å². The Kier molecular flexibility index (Phi) is 4.29. The number of nitrogens with one attached hydrogen (secondary N) is 2. The molecule has 0 amide bonds. The molecule has 4 rings (SSSR count). The van der Waals surface area contributed by atoms with E-state index >= 15 is 0 Å². The molecule has 1 saturated carbocycles. The quantitative estimate of drug-likeness (QED) is 0.603. The van der Waals surface area contributed by atoms with Gasteiger partial charge in [0.2, 0.25) is 0 Å². The van der Waals surface area contributed by atoms with Gasteiger partial charge in [-0.3, -0.25) is 0 Å². The molecule has 0 aliphatic heterocycles. The zero-order valence-electron chi connectivity index (χ0n) is 15.2. The van der Waals surface area contributed by atoms with Gasteiger partial charge in [0.1, 0.15) is 5.65 Å². The van der Waals surface area contributed by atoms with Crippen LogP contribution in [0.1, 0.15) is 38.3 Å². The van der Waals surface area contributed by atoms with Gasteiger partial charge in [-0.25, -0.2) is 23.1 Å². The zero-order valence-corrected chi connectivity index (χ0v) is 16.0. The first-order chi connectivity index (χ1) is 12.7. The van der Waals surface area contributed by atoms with Gasteiger partial charge in [0.15, 0.2) is 5.03 Å².